The Balaban J connectivity index is 1.25. The summed E-state index contributed by atoms with van der Waals surface area (Å²) in [6, 6.07) is 51.9. The molecule has 0 saturated carbocycles. The van der Waals surface area contributed by atoms with Crippen molar-refractivity contribution in [2.45, 2.75) is 33.1 Å². The van der Waals surface area contributed by atoms with Crippen molar-refractivity contribution < 1.29 is 0 Å². The fourth-order valence-electron chi connectivity index (χ4n) is 6.34. The molecule has 1 aliphatic carbocycles. The van der Waals surface area contributed by atoms with Crippen molar-refractivity contribution in [1.29, 1.82) is 0 Å². The van der Waals surface area contributed by atoms with Gasteiger partial charge in [-0.15, -0.1) is 0 Å². The largest absolute Gasteiger partial charge is 0.310 e. The Morgan fingerprint density at radius 1 is 0.489 bits per heavy atom. The van der Waals surface area contributed by atoms with Crippen molar-refractivity contribution >= 4 is 34.7 Å². The van der Waals surface area contributed by atoms with Crippen molar-refractivity contribution in [3.63, 3.8) is 0 Å². The van der Waals surface area contributed by atoms with Crippen LogP contribution in [0, 0.1) is 13.8 Å². The van der Waals surface area contributed by atoms with Gasteiger partial charge in [-0.05, 0) is 108 Å². The topological polar surface area (TPSA) is 18.8 Å². The molecule has 7 rings (SSSR count). The van der Waals surface area contributed by atoms with Gasteiger partial charge in [0.25, 0.3) is 0 Å². The number of hydrazone groups is 1. The van der Waals surface area contributed by atoms with Crippen LogP contribution in [0.4, 0.5) is 28.4 Å². The van der Waals surface area contributed by atoms with Gasteiger partial charge in [0.1, 0.15) is 0 Å². The van der Waals surface area contributed by atoms with Gasteiger partial charge >= 0.3 is 0 Å². The minimum atomic E-state index is -0.171. The molecule has 0 atom stereocenters. The molecule has 0 N–H and O–H groups in total. The number of rotatable bonds is 7. The molecule has 0 radical (unpaired) electrons. The minimum Gasteiger partial charge on any atom is -0.310 e. The van der Waals surface area contributed by atoms with Gasteiger partial charge in [0.2, 0.25) is 0 Å². The molecule has 0 amide bonds. The lowest BCUT2D eigenvalue weighted by Gasteiger charge is -2.28. The number of benzene rings is 6. The number of fused-ring (bicyclic) bond motifs is 3. The second-order valence-corrected chi connectivity index (χ2v) is 12.4. The highest BCUT2D eigenvalue weighted by Crippen LogP contribution is 2.51. The van der Waals surface area contributed by atoms with Crippen molar-refractivity contribution in [3.05, 3.63) is 173 Å². The number of hydrogen-bond donors (Lipinski definition) is 0. The maximum Gasteiger partial charge on any atom is 0.0652 e. The molecule has 0 saturated heterocycles. The van der Waals surface area contributed by atoms with Crippen LogP contribution in [0.25, 0.3) is 11.1 Å². The third-order valence-corrected chi connectivity index (χ3v) is 8.85. The molecule has 0 aliphatic heterocycles. The van der Waals surface area contributed by atoms with Crippen LogP contribution in [-0.2, 0) is 5.41 Å². The van der Waals surface area contributed by atoms with Gasteiger partial charge in [0.05, 0.1) is 17.6 Å². The molecular formula is C42H37N3. The summed E-state index contributed by atoms with van der Waals surface area (Å²) in [6.07, 6.45) is 1.97. The van der Waals surface area contributed by atoms with Gasteiger partial charge in [-0.1, -0.05) is 104 Å². The van der Waals surface area contributed by atoms with Gasteiger partial charge in [0, 0.05) is 22.5 Å². The van der Waals surface area contributed by atoms with Crippen LogP contribution in [0.3, 0.4) is 0 Å². The predicted octanol–water partition coefficient (Wildman–Crippen LogP) is 11.3. The molecule has 6 aromatic carbocycles. The first-order valence-electron chi connectivity index (χ1n) is 15.6. The molecule has 220 valence electrons. The Hall–Kier alpha value is -5.41. The van der Waals surface area contributed by atoms with Crippen molar-refractivity contribution in [3.8, 4) is 11.1 Å². The SMILES string of the molecule is Cc1ccc(N(c2ccc(C)cc2)c2ccc3c(c2)C(C)(C)c2cc(C=NN(c4ccccc4)c4ccccc4)ccc2-3)cc1. The summed E-state index contributed by atoms with van der Waals surface area (Å²) in [5.41, 5.74) is 14.2. The summed E-state index contributed by atoms with van der Waals surface area (Å²) in [6.45, 7) is 8.94. The summed E-state index contributed by atoms with van der Waals surface area (Å²) in [7, 11) is 0. The van der Waals surface area contributed by atoms with E-state index < -0.39 is 0 Å². The number of nitrogens with zero attached hydrogens (tertiary/aromatic N) is 3. The maximum atomic E-state index is 4.98. The van der Waals surface area contributed by atoms with Crippen molar-refractivity contribution in [2.24, 2.45) is 5.10 Å². The van der Waals surface area contributed by atoms with Gasteiger partial charge in [-0.3, -0.25) is 0 Å². The summed E-state index contributed by atoms with van der Waals surface area (Å²) < 4.78 is 0. The lowest BCUT2D eigenvalue weighted by molar-refractivity contribution is 0.660. The predicted molar refractivity (Wildman–Crippen MR) is 191 cm³/mol. The van der Waals surface area contributed by atoms with E-state index in [0.29, 0.717) is 0 Å². The number of hydrogen-bond acceptors (Lipinski definition) is 3. The Kier molecular flexibility index (Phi) is 7.31. The van der Waals surface area contributed by atoms with E-state index in [9.17, 15) is 0 Å². The zero-order valence-electron chi connectivity index (χ0n) is 26.3. The highest BCUT2D eigenvalue weighted by atomic mass is 15.5. The van der Waals surface area contributed by atoms with E-state index in [1.54, 1.807) is 0 Å². The molecule has 0 heterocycles. The van der Waals surface area contributed by atoms with E-state index in [1.165, 1.54) is 33.4 Å². The van der Waals surface area contributed by atoms with Gasteiger partial charge in [0.15, 0.2) is 0 Å². The Bertz CT molecular complexity index is 1890. The molecule has 3 nitrogen and oxygen atoms in total. The van der Waals surface area contributed by atoms with Gasteiger partial charge in [-0.2, -0.15) is 5.10 Å². The van der Waals surface area contributed by atoms with Crippen LogP contribution in [0.15, 0.2) is 151 Å². The molecule has 0 unspecified atom stereocenters. The Morgan fingerprint density at radius 3 is 1.49 bits per heavy atom. The molecule has 1 aliphatic rings. The zero-order chi connectivity index (χ0) is 31.0. The quantitative estimate of drug-likeness (QED) is 0.137. The highest BCUT2D eigenvalue weighted by Gasteiger charge is 2.36. The molecular weight excluding hydrogens is 546 g/mol. The van der Waals surface area contributed by atoms with Crippen LogP contribution in [-0.4, -0.2) is 6.21 Å². The molecule has 0 aromatic heterocycles. The number of anilines is 5. The van der Waals surface area contributed by atoms with E-state index in [1.807, 2.05) is 47.6 Å². The molecule has 0 fully saturated rings. The third kappa shape index (κ3) is 5.42. The molecule has 0 bridgehead atoms. The maximum absolute atomic E-state index is 4.98. The van der Waals surface area contributed by atoms with E-state index >= 15 is 0 Å². The lowest BCUT2D eigenvalue weighted by Crippen LogP contribution is -2.17. The van der Waals surface area contributed by atoms with Crippen LogP contribution >= 0.6 is 0 Å². The average Bonchev–Trinajstić information content (AvgIpc) is 3.29. The Labute approximate surface area is 266 Å². The van der Waals surface area contributed by atoms with Crippen LogP contribution in [0.2, 0.25) is 0 Å². The lowest BCUT2D eigenvalue weighted by atomic mass is 9.82. The van der Waals surface area contributed by atoms with E-state index in [-0.39, 0.29) is 5.41 Å². The first-order valence-corrected chi connectivity index (χ1v) is 15.6. The fraction of sp³-hybridized carbons (Fsp3) is 0.119. The first-order chi connectivity index (χ1) is 21.9. The van der Waals surface area contributed by atoms with Crippen molar-refractivity contribution in [2.75, 3.05) is 9.91 Å². The summed E-state index contributed by atoms with van der Waals surface area (Å²) in [4.78, 5) is 2.36. The Morgan fingerprint density at radius 2 is 0.956 bits per heavy atom. The second-order valence-electron chi connectivity index (χ2n) is 12.4. The molecule has 3 heteroatoms. The number of aryl methyl sites for hydroxylation is 2. The first kappa shape index (κ1) is 28.4. The summed E-state index contributed by atoms with van der Waals surface area (Å²) >= 11 is 0. The van der Waals surface area contributed by atoms with Crippen LogP contribution < -0.4 is 9.91 Å². The van der Waals surface area contributed by atoms with Crippen LogP contribution in [0.1, 0.15) is 41.7 Å². The van der Waals surface area contributed by atoms with Crippen LogP contribution in [0.5, 0.6) is 0 Å². The average molecular weight is 584 g/mol. The standard InChI is InChI=1S/C42H37N3/c1-30-15-20-33(21-16-30)44(34-22-17-31(2)18-23-34)37-24-26-39-38-25-19-32(27-40(38)42(3,4)41(39)28-37)29-43-45(35-11-7-5-8-12-35)36-13-9-6-10-14-36/h5-29H,1-4H3. The minimum absolute atomic E-state index is 0.171. The third-order valence-electron chi connectivity index (χ3n) is 8.85. The molecule has 45 heavy (non-hydrogen) atoms. The normalized spacial score (nSPS) is 13.0. The molecule has 6 aromatic rings. The van der Waals surface area contributed by atoms with Gasteiger partial charge in [-0.25, -0.2) is 5.01 Å². The highest BCUT2D eigenvalue weighted by molar-refractivity contribution is 5.89. The smallest absolute Gasteiger partial charge is 0.0652 e. The zero-order valence-corrected chi connectivity index (χ0v) is 26.3. The van der Waals surface area contributed by atoms with Gasteiger partial charge < -0.3 is 4.90 Å². The number of para-hydroxylation sites is 2. The van der Waals surface area contributed by atoms with E-state index in [0.717, 1.165) is 34.0 Å². The summed E-state index contributed by atoms with van der Waals surface area (Å²) in [5.74, 6) is 0. The fourth-order valence-corrected chi connectivity index (χ4v) is 6.34. The van der Waals surface area contributed by atoms with E-state index in [4.69, 9.17) is 5.10 Å². The second kappa shape index (κ2) is 11.6. The van der Waals surface area contributed by atoms with Crippen molar-refractivity contribution in [1.82, 2.24) is 0 Å². The summed E-state index contributed by atoms with van der Waals surface area (Å²) in [5, 5.41) is 6.97. The monoisotopic (exact) mass is 583 g/mol. The molecule has 0 spiro atoms. The van der Waals surface area contributed by atoms with E-state index in [2.05, 4.69) is 142 Å².